The number of hydrogen-bond donors (Lipinski definition) is 0. The highest BCUT2D eigenvalue weighted by atomic mass is 127. The summed E-state index contributed by atoms with van der Waals surface area (Å²) in [7, 11) is 0. The Morgan fingerprint density at radius 2 is 2.29 bits per heavy atom. The van der Waals surface area contributed by atoms with E-state index >= 15 is 0 Å². The van der Waals surface area contributed by atoms with Crippen LogP contribution in [0.2, 0.25) is 0 Å². The van der Waals surface area contributed by atoms with Crippen LogP contribution < -0.4 is 0 Å². The zero-order valence-corrected chi connectivity index (χ0v) is 10.6. The van der Waals surface area contributed by atoms with Crippen LogP contribution in [0.15, 0.2) is 17.5 Å². The van der Waals surface area contributed by atoms with Crippen molar-refractivity contribution >= 4 is 44.0 Å². The molecule has 2 aromatic rings. The van der Waals surface area contributed by atoms with E-state index in [4.69, 9.17) is 5.26 Å². The van der Waals surface area contributed by atoms with E-state index < -0.39 is 0 Å². The van der Waals surface area contributed by atoms with Crippen molar-refractivity contribution in [2.75, 3.05) is 0 Å². The minimum Gasteiger partial charge on any atom is -0.192 e. The summed E-state index contributed by atoms with van der Waals surface area (Å²) in [5.74, 6) is 0. The fourth-order valence-electron chi connectivity index (χ4n) is 1.50. The van der Waals surface area contributed by atoms with Crippen molar-refractivity contribution in [1.29, 1.82) is 5.26 Å². The van der Waals surface area contributed by atoms with Crippen molar-refractivity contribution in [2.45, 2.75) is 13.3 Å². The SMILES string of the molecule is CCc1csc2ccc(C#N)c(I)c12. The van der Waals surface area contributed by atoms with E-state index in [-0.39, 0.29) is 0 Å². The third kappa shape index (κ3) is 1.43. The first-order valence-electron chi connectivity index (χ1n) is 4.36. The molecule has 0 aliphatic rings. The molecule has 0 unspecified atom stereocenters. The largest absolute Gasteiger partial charge is 0.192 e. The third-order valence-corrected chi connectivity index (χ3v) is 4.37. The van der Waals surface area contributed by atoms with Gasteiger partial charge in [-0.05, 0) is 52.1 Å². The smallest absolute Gasteiger partial charge is 0.100 e. The van der Waals surface area contributed by atoms with Crippen LogP contribution in [0.1, 0.15) is 18.1 Å². The minimum atomic E-state index is 0.784. The van der Waals surface area contributed by atoms with Crippen molar-refractivity contribution in [1.82, 2.24) is 0 Å². The molecule has 1 aromatic carbocycles. The maximum absolute atomic E-state index is 8.93. The van der Waals surface area contributed by atoms with Gasteiger partial charge in [0, 0.05) is 13.7 Å². The second-order valence-corrected chi connectivity index (χ2v) is 5.02. The molecular weight excluding hydrogens is 305 g/mol. The Morgan fingerprint density at radius 3 is 2.93 bits per heavy atom. The maximum atomic E-state index is 8.93. The van der Waals surface area contributed by atoms with Gasteiger partial charge in [0.05, 0.1) is 5.56 Å². The van der Waals surface area contributed by atoms with Crippen LogP contribution in [0.3, 0.4) is 0 Å². The van der Waals surface area contributed by atoms with E-state index in [1.54, 1.807) is 11.3 Å². The minimum absolute atomic E-state index is 0.784. The van der Waals surface area contributed by atoms with E-state index in [0.717, 1.165) is 15.6 Å². The lowest BCUT2D eigenvalue weighted by atomic mass is 10.1. The highest BCUT2D eigenvalue weighted by molar-refractivity contribution is 14.1. The Morgan fingerprint density at radius 1 is 1.50 bits per heavy atom. The van der Waals surface area contributed by atoms with Crippen molar-refractivity contribution in [2.24, 2.45) is 0 Å². The first-order chi connectivity index (χ1) is 6.77. The van der Waals surface area contributed by atoms with E-state index in [1.807, 2.05) is 12.1 Å². The maximum Gasteiger partial charge on any atom is 0.100 e. The predicted molar refractivity (Wildman–Crippen MR) is 68.6 cm³/mol. The number of nitriles is 1. The van der Waals surface area contributed by atoms with Gasteiger partial charge in [-0.3, -0.25) is 0 Å². The number of aryl methyl sites for hydroxylation is 1. The number of hydrogen-bond acceptors (Lipinski definition) is 2. The van der Waals surface area contributed by atoms with Crippen molar-refractivity contribution in [3.8, 4) is 6.07 Å². The van der Waals surface area contributed by atoms with Crippen molar-refractivity contribution in [3.05, 3.63) is 32.2 Å². The lowest BCUT2D eigenvalue weighted by Crippen LogP contribution is -1.85. The van der Waals surface area contributed by atoms with Crippen LogP contribution in [0, 0.1) is 14.9 Å². The summed E-state index contributed by atoms with van der Waals surface area (Å²) in [4.78, 5) is 0. The van der Waals surface area contributed by atoms with Gasteiger partial charge in [-0.1, -0.05) is 6.92 Å². The zero-order valence-electron chi connectivity index (χ0n) is 7.67. The number of benzene rings is 1. The Kier molecular flexibility index (Phi) is 2.75. The lowest BCUT2D eigenvalue weighted by Gasteiger charge is -1.99. The van der Waals surface area contributed by atoms with Crippen LogP contribution in [0.5, 0.6) is 0 Å². The molecule has 0 saturated carbocycles. The van der Waals surface area contributed by atoms with Gasteiger partial charge in [0.25, 0.3) is 0 Å². The molecule has 0 spiro atoms. The molecule has 0 amide bonds. The molecule has 3 heteroatoms. The molecule has 1 nitrogen and oxygen atoms in total. The number of thiophene rings is 1. The summed E-state index contributed by atoms with van der Waals surface area (Å²) in [5, 5.41) is 12.4. The fraction of sp³-hybridized carbons (Fsp3) is 0.182. The monoisotopic (exact) mass is 313 g/mol. The molecule has 14 heavy (non-hydrogen) atoms. The van der Waals surface area contributed by atoms with Gasteiger partial charge >= 0.3 is 0 Å². The van der Waals surface area contributed by atoms with E-state index in [9.17, 15) is 0 Å². The van der Waals surface area contributed by atoms with Gasteiger partial charge < -0.3 is 0 Å². The summed E-state index contributed by atoms with van der Waals surface area (Å²) in [6, 6.07) is 6.17. The highest BCUT2D eigenvalue weighted by Crippen LogP contribution is 2.32. The average Bonchev–Trinajstić information content (AvgIpc) is 2.62. The topological polar surface area (TPSA) is 23.8 Å². The van der Waals surface area contributed by atoms with Gasteiger partial charge in [0.15, 0.2) is 0 Å². The molecular formula is C11H8INS. The molecule has 70 valence electrons. The normalized spacial score (nSPS) is 10.4. The summed E-state index contributed by atoms with van der Waals surface area (Å²) >= 11 is 4.03. The number of halogens is 1. The second kappa shape index (κ2) is 3.87. The lowest BCUT2D eigenvalue weighted by molar-refractivity contribution is 1.17. The molecule has 0 aliphatic heterocycles. The number of fused-ring (bicyclic) bond motifs is 1. The van der Waals surface area contributed by atoms with Gasteiger partial charge in [-0.15, -0.1) is 11.3 Å². The highest BCUT2D eigenvalue weighted by Gasteiger charge is 2.09. The Labute approximate surface area is 101 Å². The van der Waals surface area contributed by atoms with Gasteiger partial charge in [0.1, 0.15) is 6.07 Å². The third-order valence-electron chi connectivity index (χ3n) is 2.25. The molecule has 0 fully saturated rings. The van der Waals surface area contributed by atoms with Crippen molar-refractivity contribution < 1.29 is 0 Å². The van der Waals surface area contributed by atoms with Gasteiger partial charge in [-0.25, -0.2) is 0 Å². The van der Waals surface area contributed by atoms with Gasteiger partial charge in [-0.2, -0.15) is 5.26 Å². The van der Waals surface area contributed by atoms with Crippen LogP contribution in [0.4, 0.5) is 0 Å². The summed E-state index contributed by atoms with van der Waals surface area (Å²) in [5.41, 5.74) is 2.14. The average molecular weight is 313 g/mol. The molecule has 1 aromatic heterocycles. The summed E-state index contributed by atoms with van der Waals surface area (Å²) in [6.45, 7) is 2.15. The molecule has 0 radical (unpaired) electrons. The number of rotatable bonds is 1. The van der Waals surface area contributed by atoms with Crippen LogP contribution in [-0.2, 0) is 6.42 Å². The quantitative estimate of drug-likeness (QED) is 0.732. The van der Waals surface area contributed by atoms with Crippen LogP contribution in [0.25, 0.3) is 10.1 Å². The predicted octanol–water partition coefficient (Wildman–Crippen LogP) is 3.94. The zero-order chi connectivity index (χ0) is 10.1. The standard InChI is InChI=1S/C11H8INS/c1-2-7-6-14-9-4-3-8(5-13)11(12)10(7)9/h3-4,6H,2H2,1H3. The molecule has 0 N–H and O–H groups in total. The molecule has 0 saturated heterocycles. The van der Waals surface area contributed by atoms with Crippen LogP contribution in [-0.4, -0.2) is 0 Å². The first kappa shape index (κ1) is 9.94. The number of nitrogens with zero attached hydrogens (tertiary/aromatic N) is 1. The second-order valence-electron chi connectivity index (χ2n) is 3.03. The van der Waals surface area contributed by atoms with Gasteiger partial charge in [0.2, 0.25) is 0 Å². The Bertz CT molecular complexity index is 522. The summed E-state index contributed by atoms with van der Waals surface area (Å²) in [6.07, 6.45) is 1.03. The summed E-state index contributed by atoms with van der Waals surface area (Å²) < 4.78 is 2.38. The molecule has 0 bridgehead atoms. The molecule has 2 rings (SSSR count). The van der Waals surface area contributed by atoms with Crippen LogP contribution >= 0.6 is 33.9 Å². The molecule has 1 heterocycles. The first-order valence-corrected chi connectivity index (χ1v) is 6.32. The Balaban J connectivity index is 2.85. The molecule has 0 aliphatic carbocycles. The Hall–Kier alpha value is -0.600. The van der Waals surface area contributed by atoms with Crippen molar-refractivity contribution in [3.63, 3.8) is 0 Å². The molecule has 0 atom stereocenters. The van der Waals surface area contributed by atoms with E-state index in [2.05, 4.69) is 41.0 Å². The van der Waals surface area contributed by atoms with E-state index in [0.29, 0.717) is 0 Å². The van der Waals surface area contributed by atoms with E-state index in [1.165, 1.54) is 15.6 Å². The fourth-order valence-corrected chi connectivity index (χ4v) is 3.67.